The van der Waals surface area contributed by atoms with E-state index in [-0.39, 0.29) is 12.6 Å². The van der Waals surface area contributed by atoms with E-state index in [0.29, 0.717) is 13.0 Å². The number of azide groups is 1. The van der Waals surface area contributed by atoms with Crippen LogP contribution < -0.4 is 5.32 Å². The van der Waals surface area contributed by atoms with Crippen molar-refractivity contribution in [3.05, 3.63) is 46.3 Å². The van der Waals surface area contributed by atoms with Crippen LogP contribution in [0.4, 0.5) is 4.79 Å². The van der Waals surface area contributed by atoms with Crippen LogP contribution in [0, 0.1) is 0 Å². The number of rotatable bonds is 6. The van der Waals surface area contributed by atoms with E-state index in [9.17, 15) is 4.79 Å². The summed E-state index contributed by atoms with van der Waals surface area (Å²) in [5.41, 5.74) is 9.06. The monoisotopic (exact) mass is 248 g/mol. The van der Waals surface area contributed by atoms with Crippen LogP contribution in [0.5, 0.6) is 0 Å². The lowest BCUT2D eigenvalue weighted by Gasteiger charge is -2.12. The molecule has 0 fully saturated rings. The number of ether oxygens (including phenoxy) is 1. The zero-order valence-corrected chi connectivity index (χ0v) is 10.2. The Balaban J connectivity index is 2.23. The number of nitrogens with zero attached hydrogens (tertiary/aromatic N) is 3. The van der Waals surface area contributed by atoms with Gasteiger partial charge in [-0.3, -0.25) is 0 Å². The van der Waals surface area contributed by atoms with Crippen molar-refractivity contribution in [1.29, 1.82) is 0 Å². The third-order valence-electron chi connectivity index (χ3n) is 2.30. The highest BCUT2D eigenvalue weighted by Crippen LogP contribution is 2.01. The van der Waals surface area contributed by atoms with E-state index in [1.54, 1.807) is 0 Å². The van der Waals surface area contributed by atoms with Crippen LogP contribution in [-0.2, 0) is 11.3 Å². The molecule has 0 aromatic heterocycles. The number of hydrogen-bond acceptors (Lipinski definition) is 3. The summed E-state index contributed by atoms with van der Waals surface area (Å²) in [4.78, 5) is 14.1. The molecule has 0 aliphatic heterocycles. The molecule has 1 aromatic carbocycles. The second-order valence-electron chi connectivity index (χ2n) is 3.85. The highest BCUT2D eigenvalue weighted by Gasteiger charge is 2.07. The van der Waals surface area contributed by atoms with Gasteiger partial charge in [0.1, 0.15) is 6.61 Å². The van der Waals surface area contributed by atoms with E-state index in [4.69, 9.17) is 10.3 Å². The van der Waals surface area contributed by atoms with Crippen molar-refractivity contribution in [2.75, 3.05) is 6.54 Å². The minimum atomic E-state index is -0.465. The highest BCUT2D eigenvalue weighted by atomic mass is 16.5. The number of amides is 1. The van der Waals surface area contributed by atoms with E-state index >= 15 is 0 Å². The largest absolute Gasteiger partial charge is 0.445 e. The summed E-state index contributed by atoms with van der Waals surface area (Å²) in [5, 5.41) is 6.07. The molecule has 6 heteroatoms. The minimum absolute atomic E-state index is 0.0845. The van der Waals surface area contributed by atoms with Crippen LogP contribution >= 0.6 is 0 Å². The maximum absolute atomic E-state index is 11.4. The minimum Gasteiger partial charge on any atom is -0.445 e. The number of carbonyl (C=O) groups excluding carboxylic acids is 1. The Bertz CT molecular complexity index is 415. The molecule has 1 N–H and O–H groups in total. The van der Waals surface area contributed by atoms with E-state index in [0.717, 1.165) is 5.56 Å². The van der Waals surface area contributed by atoms with Gasteiger partial charge in [0.05, 0.1) is 0 Å². The highest BCUT2D eigenvalue weighted by molar-refractivity contribution is 5.67. The Morgan fingerprint density at radius 3 is 2.89 bits per heavy atom. The molecule has 6 nitrogen and oxygen atoms in total. The number of carbonyl (C=O) groups is 1. The summed E-state index contributed by atoms with van der Waals surface area (Å²) in [6, 6.07) is 9.37. The van der Waals surface area contributed by atoms with Crippen molar-refractivity contribution in [2.24, 2.45) is 5.11 Å². The van der Waals surface area contributed by atoms with Gasteiger partial charge in [-0.15, -0.1) is 0 Å². The molecule has 1 atom stereocenters. The summed E-state index contributed by atoms with van der Waals surface area (Å²) in [6.07, 6.45) is 0.122. The van der Waals surface area contributed by atoms with Gasteiger partial charge in [-0.05, 0) is 24.4 Å². The molecule has 1 rings (SSSR count). The maximum atomic E-state index is 11.4. The SMILES string of the molecule is CC(CCN=[N+]=[N-])NC(=O)OCc1ccccc1. The fourth-order valence-corrected chi connectivity index (χ4v) is 1.33. The van der Waals surface area contributed by atoms with E-state index in [1.165, 1.54) is 0 Å². The Morgan fingerprint density at radius 2 is 2.22 bits per heavy atom. The summed E-state index contributed by atoms with van der Waals surface area (Å²) in [7, 11) is 0. The number of hydrogen-bond donors (Lipinski definition) is 1. The van der Waals surface area contributed by atoms with Crippen LogP contribution in [0.15, 0.2) is 35.4 Å². The van der Waals surface area contributed by atoms with Gasteiger partial charge in [-0.1, -0.05) is 35.4 Å². The average molecular weight is 248 g/mol. The van der Waals surface area contributed by atoms with Gasteiger partial charge in [0.2, 0.25) is 0 Å². The molecule has 18 heavy (non-hydrogen) atoms. The molecule has 0 radical (unpaired) electrons. The van der Waals surface area contributed by atoms with Crippen LogP contribution in [0.3, 0.4) is 0 Å². The molecule has 0 saturated heterocycles. The van der Waals surface area contributed by atoms with Crippen molar-refractivity contribution in [2.45, 2.75) is 26.0 Å². The Labute approximate surface area is 106 Å². The molecule has 0 heterocycles. The van der Waals surface area contributed by atoms with Crippen molar-refractivity contribution in [3.8, 4) is 0 Å². The van der Waals surface area contributed by atoms with Gasteiger partial charge in [0.25, 0.3) is 0 Å². The molecule has 96 valence electrons. The molecule has 1 aromatic rings. The maximum Gasteiger partial charge on any atom is 0.407 e. The third-order valence-corrected chi connectivity index (χ3v) is 2.30. The van der Waals surface area contributed by atoms with E-state index in [1.807, 2.05) is 37.3 Å². The standard InChI is InChI=1S/C12H16N4O2/c1-10(7-8-14-16-13)15-12(17)18-9-11-5-3-2-4-6-11/h2-6,10H,7-9H2,1H3,(H,15,17). The lowest BCUT2D eigenvalue weighted by Crippen LogP contribution is -2.33. The predicted octanol–water partition coefficient (Wildman–Crippen LogP) is 3.00. The molecule has 0 spiro atoms. The summed E-state index contributed by atoms with van der Waals surface area (Å²) in [6.45, 7) is 2.43. The smallest absolute Gasteiger partial charge is 0.407 e. The van der Waals surface area contributed by atoms with Crippen molar-refractivity contribution in [1.82, 2.24) is 5.32 Å². The Hall–Kier alpha value is -2.20. The fourth-order valence-electron chi connectivity index (χ4n) is 1.33. The first-order valence-electron chi connectivity index (χ1n) is 5.70. The third kappa shape index (κ3) is 5.77. The van der Waals surface area contributed by atoms with Crippen molar-refractivity contribution < 1.29 is 9.53 Å². The Kier molecular flexibility index (Phi) is 6.14. The first kappa shape index (κ1) is 13.9. The molecule has 0 aliphatic rings. The van der Waals surface area contributed by atoms with Gasteiger partial charge < -0.3 is 10.1 Å². The molecule has 1 unspecified atom stereocenters. The second kappa shape index (κ2) is 7.97. The first-order chi connectivity index (χ1) is 8.72. The molecule has 0 saturated carbocycles. The summed E-state index contributed by atoms with van der Waals surface area (Å²) in [5.74, 6) is 0. The van der Waals surface area contributed by atoms with Gasteiger partial charge in [0.15, 0.2) is 0 Å². The van der Waals surface area contributed by atoms with Gasteiger partial charge in [-0.25, -0.2) is 4.79 Å². The van der Waals surface area contributed by atoms with Crippen LogP contribution in [0.1, 0.15) is 18.9 Å². The summed E-state index contributed by atoms with van der Waals surface area (Å²) < 4.78 is 5.05. The molecular formula is C12H16N4O2. The number of benzene rings is 1. The van der Waals surface area contributed by atoms with E-state index < -0.39 is 6.09 Å². The average Bonchev–Trinajstić information content (AvgIpc) is 2.38. The Morgan fingerprint density at radius 1 is 1.50 bits per heavy atom. The van der Waals surface area contributed by atoms with Crippen molar-refractivity contribution >= 4 is 6.09 Å². The number of alkyl carbamates (subject to hydrolysis) is 1. The van der Waals surface area contributed by atoms with Gasteiger partial charge in [0, 0.05) is 17.5 Å². The topological polar surface area (TPSA) is 87.1 Å². The zero-order chi connectivity index (χ0) is 13.2. The predicted molar refractivity (Wildman–Crippen MR) is 67.9 cm³/mol. The molecule has 0 aliphatic carbocycles. The van der Waals surface area contributed by atoms with Gasteiger partial charge in [-0.2, -0.15) is 0 Å². The zero-order valence-electron chi connectivity index (χ0n) is 10.2. The van der Waals surface area contributed by atoms with Gasteiger partial charge >= 0.3 is 6.09 Å². The van der Waals surface area contributed by atoms with E-state index in [2.05, 4.69) is 15.3 Å². The fraction of sp³-hybridized carbons (Fsp3) is 0.417. The molecular weight excluding hydrogens is 232 g/mol. The van der Waals surface area contributed by atoms with Crippen molar-refractivity contribution in [3.63, 3.8) is 0 Å². The lowest BCUT2D eigenvalue weighted by molar-refractivity contribution is 0.136. The second-order valence-corrected chi connectivity index (χ2v) is 3.85. The normalized spacial score (nSPS) is 11.2. The van der Waals surface area contributed by atoms with Crippen LogP contribution in [-0.4, -0.2) is 18.7 Å². The van der Waals surface area contributed by atoms with Crippen LogP contribution in [0.2, 0.25) is 0 Å². The molecule has 1 amide bonds. The summed E-state index contributed by atoms with van der Waals surface area (Å²) >= 11 is 0. The quantitative estimate of drug-likeness (QED) is 0.476. The van der Waals surface area contributed by atoms with Crippen LogP contribution in [0.25, 0.3) is 10.4 Å². The number of nitrogens with one attached hydrogen (secondary N) is 1. The first-order valence-corrected chi connectivity index (χ1v) is 5.70. The lowest BCUT2D eigenvalue weighted by atomic mass is 10.2. The molecule has 0 bridgehead atoms.